The van der Waals surface area contributed by atoms with Crippen molar-refractivity contribution in [3.63, 3.8) is 0 Å². The molecule has 0 unspecified atom stereocenters. The number of aromatic hydroxyl groups is 1. The van der Waals surface area contributed by atoms with E-state index < -0.39 is 28.5 Å². The van der Waals surface area contributed by atoms with Crippen LogP contribution >= 0.6 is 0 Å². The summed E-state index contributed by atoms with van der Waals surface area (Å²) in [5, 5.41) is 11.7. The number of rotatable bonds is 3. The number of fused-ring (bicyclic) bond motifs is 2. The van der Waals surface area contributed by atoms with Crippen LogP contribution in [0.1, 0.15) is 23.0 Å². The zero-order valence-electron chi connectivity index (χ0n) is 15.8. The third-order valence-electron chi connectivity index (χ3n) is 4.94. The van der Waals surface area contributed by atoms with Crippen LogP contribution in [0.3, 0.4) is 0 Å². The van der Waals surface area contributed by atoms with Gasteiger partial charge in [0, 0.05) is 17.3 Å². The number of hydrogen-bond acceptors (Lipinski definition) is 5. The normalized spacial score (nSPS) is 11.1. The van der Waals surface area contributed by atoms with Crippen molar-refractivity contribution in [3.8, 4) is 5.75 Å². The molecule has 1 amide bonds. The number of nitrogens with one attached hydrogen (secondary N) is 1. The Kier molecular flexibility index (Phi) is 4.38. The van der Waals surface area contributed by atoms with Crippen LogP contribution in [0, 0.1) is 6.92 Å². The Bertz CT molecular complexity index is 1400. The van der Waals surface area contributed by atoms with Crippen LogP contribution in [-0.4, -0.2) is 25.2 Å². The number of carbonyl (C=O) groups is 1. The summed E-state index contributed by atoms with van der Waals surface area (Å²) in [5.41, 5.74) is 2.15. The molecule has 2 N–H and O–H groups in total. The monoisotopic (exact) mass is 390 g/mol. The van der Waals surface area contributed by atoms with Gasteiger partial charge in [-0.1, -0.05) is 30.3 Å². The predicted octanol–water partition coefficient (Wildman–Crippen LogP) is 2.13. The van der Waals surface area contributed by atoms with Crippen molar-refractivity contribution >= 4 is 27.7 Å². The predicted molar refractivity (Wildman–Crippen MR) is 110 cm³/mol. The highest BCUT2D eigenvalue weighted by Gasteiger charge is 2.23. The van der Waals surface area contributed by atoms with E-state index in [1.165, 1.54) is 4.57 Å². The maximum Gasteiger partial charge on any atom is 0.367 e. The first-order chi connectivity index (χ1) is 13.9. The molecular weight excluding hydrogens is 372 g/mol. The van der Waals surface area contributed by atoms with Crippen molar-refractivity contribution < 1.29 is 9.90 Å². The number of benzene rings is 2. The lowest BCUT2D eigenvalue weighted by Crippen LogP contribution is -2.39. The number of amides is 1. The summed E-state index contributed by atoms with van der Waals surface area (Å²) in [4.78, 5) is 42.2. The zero-order chi connectivity index (χ0) is 20.7. The third kappa shape index (κ3) is 2.85. The Balaban J connectivity index is 1.89. The number of carbonyl (C=O) groups excluding carboxylic acids is 1. The molecule has 0 aliphatic carbocycles. The molecule has 0 atom stereocenters. The molecule has 0 fully saturated rings. The van der Waals surface area contributed by atoms with Gasteiger partial charge in [0.15, 0.2) is 0 Å². The topological polar surface area (TPSA) is 106 Å². The third-order valence-corrected chi connectivity index (χ3v) is 4.94. The Labute approximate surface area is 164 Å². The second-order valence-corrected chi connectivity index (χ2v) is 6.56. The van der Waals surface area contributed by atoms with Crippen LogP contribution in [0.15, 0.2) is 58.1 Å². The second-order valence-electron chi connectivity index (χ2n) is 6.56. The molecule has 0 radical (unpaired) electrons. The summed E-state index contributed by atoms with van der Waals surface area (Å²) >= 11 is 0. The smallest absolute Gasteiger partial charge is 0.367 e. The fraction of sp³-hybridized carbons (Fsp3) is 0.143. The minimum atomic E-state index is -0.886. The number of hydrogen-bond donors (Lipinski definition) is 2. The van der Waals surface area contributed by atoms with Gasteiger partial charge in [0.1, 0.15) is 11.3 Å². The van der Waals surface area contributed by atoms with Gasteiger partial charge in [-0.25, -0.2) is 9.47 Å². The molecule has 0 spiro atoms. The maximum absolute atomic E-state index is 12.9. The van der Waals surface area contributed by atoms with Crippen molar-refractivity contribution in [1.29, 1.82) is 0 Å². The molecule has 0 bridgehead atoms. The van der Waals surface area contributed by atoms with E-state index >= 15 is 0 Å². The SMILES string of the molecule is CCn1c(=O)c(C(=O)Nn2c(C)c3ccccc3nc2=O)c(O)c2ccccc21. The van der Waals surface area contributed by atoms with Crippen LogP contribution in [0.2, 0.25) is 0 Å². The van der Waals surface area contributed by atoms with Gasteiger partial charge >= 0.3 is 5.69 Å². The van der Waals surface area contributed by atoms with E-state index in [4.69, 9.17) is 0 Å². The second kappa shape index (κ2) is 6.90. The molecule has 2 heterocycles. The fourth-order valence-electron chi connectivity index (χ4n) is 3.49. The lowest BCUT2D eigenvalue weighted by molar-refractivity contribution is 0.100. The lowest BCUT2D eigenvalue weighted by atomic mass is 10.1. The molecular formula is C21H18N4O4. The minimum Gasteiger partial charge on any atom is -0.506 e. The van der Waals surface area contributed by atoms with Gasteiger partial charge in [0.2, 0.25) is 0 Å². The van der Waals surface area contributed by atoms with Crippen molar-refractivity contribution in [2.24, 2.45) is 0 Å². The summed E-state index contributed by atoms with van der Waals surface area (Å²) < 4.78 is 2.38. The Morgan fingerprint density at radius 1 is 1.07 bits per heavy atom. The van der Waals surface area contributed by atoms with Crippen LogP contribution in [-0.2, 0) is 6.54 Å². The summed E-state index contributed by atoms with van der Waals surface area (Å²) in [7, 11) is 0. The van der Waals surface area contributed by atoms with E-state index in [9.17, 15) is 19.5 Å². The molecule has 2 aromatic carbocycles. The maximum atomic E-state index is 12.9. The van der Waals surface area contributed by atoms with E-state index in [-0.39, 0.29) is 0 Å². The van der Waals surface area contributed by atoms with Gasteiger partial charge in [-0.2, -0.15) is 4.98 Å². The first-order valence-electron chi connectivity index (χ1n) is 9.08. The van der Waals surface area contributed by atoms with Crippen molar-refractivity contribution in [3.05, 3.63) is 80.6 Å². The standard InChI is InChI=1S/C21H18N4O4/c1-3-24-16-11-7-5-9-14(16)18(26)17(20(24)28)19(27)23-25-12(2)13-8-4-6-10-15(13)22-21(25)29/h4-11,26H,3H2,1-2H3,(H,23,27). The van der Waals surface area contributed by atoms with Crippen LogP contribution in [0.5, 0.6) is 5.75 Å². The summed E-state index contributed by atoms with van der Waals surface area (Å²) in [6, 6.07) is 13.8. The molecule has 0 aliphatic rings. The number of nitrogens with zero attached hydrogens (tertiary/aromatic N) is 3. The molecule has 8 heteroatoms. The van der Waals surface area contributed by atoms with Crippen LogP contribution < -0.4 is 16.7 Å². The van der Waals surface area contributed by atoms with Gasteiger partial charge in [0.05, 0.1) is 16.7 Å². The summed E-state index contributed by atoms with van der Waals surface area (Å²) in [6.07, 6.45) is 0. The van der Waals surface area contributed by atoms with Gasteiger partial charge in [-0.3, -0.25) is 15.0 Å². The molecule has 0 saturated carbocycles. The van der Waals surface area contributed by atoms with Crippen molar-refractivity contribution in [2.45, 2.75) is 20.4 Å². The fourth-order valence-corrected chi connectivity index (χ4v) is 3.49. The van der Waals surface area contributed by atoms with Crippen LogP contribution in [0.4, 0.5) is 0 Å². The highest BCUT2D eigenvalue weighted by molar-refractivity contribution is 6.06. The van der Waals surface area contributed by atoms with Gasteiger partial charge in [-0.15, -0.1) is 0 Å². The van der Waals surface area contributed by atoms with Gasteiger partial charge in [0.25, 0.3) is 11.5 Å². The van der Waals surface area contributed by atoms with E-state index in [1.807, 2.05) is 0 Å². The Morgan fingerprint density at radius 3 is 2.45 bits per heavy atom. The largest absolute Gasteiger partial charge is 0.506 e. The highest BCUT2D eigenvalue weighted by atomic mass is 16.3. The number of aryl methyl sites for hydroxylation is 2. The number of para-hydroxylation sites is 2. The molecule has 8 nitrogen and oxygen atoms in total. The summed E-state index contributed by atoms with van der Waals surface area (Å²) in [6.45, 7) is 3.75. The molecule has 0 saturated heterocycles. The van der Waals surface area contributed by atoms with E-state index in [0.29, 0.717) is 34.0 Å². The zero-order valence-corrected chi connectivity index (χ0v) is 15.8. The lowest BCUT2D eigenvalue weighted by Gasteiger charge is -2.15. The Morgan fingerprint density at radius 2 is 1.72 bits per heavy atom. The highest BCUT2D eigenvalue weighted by Crippen LogP contribution is 2.26. The molecule has 146 valence electrons. The van der Waals surface area contributed by atoms with Crippen LogP contribution in [0.25, 0.3) is 21.8 Å². The average Bonchev–Trinajstić information content (AvgIpc) is 2.71. The molecule has 2 aromatic heterocycles. The van der Waals surface area contributed by atoms with Gasteiger partial charge < -0.3 is 9.67 Å². The van der Waals surface area contributed by atoms with Gasteiger partial charge in [-0.05, 0) is 32.0 Å². The van der Waals surface area contributed by atoms with E-state index in [2.05, 4.69) is 10.4 Å². The first kappa shape index (κ1) is 18.4. The molecule has 0 aliphatic heterocycles. The quantitative estimate of drug-likeness (QED) is 0.557. The number of pyridine rings is 1. The van der Waals surface area contributed by atoms with E-state index in [1.54, 1.807) is 62.4 Å². The molecule has 29 heavy (non-hydrogen) atoms. The molecule has 4 aromatic rings. The Hall–Kier alpha value is -3.94. The van der Waals surface area contributed by atoms with E-state index in [0.717, 1.165) is 4.68 Å². The number of aromatic nitrogens is 3. The average molecular weight is 390 g/mol. The minimum absolute atomic E-state index is 0.316. The van der Waals surface area contributed by atoms with Crippen molar-refractivity contribution in [1.82, 2.24) is 14.2 Å². The van der Waals surface area contributed by atoms with Crippen molar-refractivity contribution in [2.75, 3.05) is 5.43 Å². The first-order valence-corrected chi connectivity index (χ1v) is 9.08. The molecule has 4 rings (SSSR count). The summed E-state index contributed by atoms with van der Waals surface area (Å²) in [5.74, 6) is -1.31.